The molecule has 2 rings (SSSR count). The van der Waals surface area contributed by atoms with E-state index < -0.39 is 0 Å². The smallest absolute Gasteiger partial charge is 0.119 e. The van der Waals surface area contributed by atoms with Gasteiger partial charge in [-0.1, -0.05) is 36.2 Å². The maximum Gasteiger partial charge on any atom is 0.119 e. The summed E-state index contributed by atoms with van der Waals surface area (Å²) in [7, 11) is 1.73. The third-order valence-electron chi connectivity index (χ3n) is 4.25. The lowest BCUT2D eigenvalue weighted by atomic mass is 9.90. The predicted molar refractivity (Wildman–Crippen MR) is 87.3 cm³/mol. The number of piperazine rings is 1. The highest BCUT2D eigenvalue weighted by molar-refractivity contribution is 9.10. The molecule has 1 heterocycles. The van der Waals surface area contributed by atoms with Crippen LogP contribution in [-0.2, 0) is 0 Å². The van der Waals surface area contributed by atoms with Crippen molar-refractivity contribution in [2.24, 2.45) is 5.92 Å². The fraction of sp³-hybridized carbons (Fsp3) is 0.625. The van der Waals surface area contributed by atoms with E-state index in [1.807, 2.05) is 6.07 Å². The van der Waals surface area contributed by atoms with Gasteiger partial charge >= 0.3 is 0 Å². The minimum atomic E-state index is 0.451. The number of methoxy groups -OCH3 is 1. The number of nitrogens with zero attached hydrogens (tertiary/aromatic N) is 1. The van der Waals surface area contributed by atoms with Crippen molar-refractivity contribution in [1.29, 1.82) is 0 Å². The normalized spacial score (nSPS) is 19.6. The van der Waals surface area contributed by atoms with Gasteiger partial charge in [-0.3, -0.25) is 4.90 Å². The number of hydrogen-bond acceptors (Lipinski definition) is 3. The Kier molecular flexibility index (Phi) is 5.87. The van der Waals surface area contributed by atoms with Crippen molar-refractivity contribution in [1.82, 2.24) is 10.2 Å². The lowest BCUT2D eigenvalue weighted by Gasteiger charge is -2.39. The lowest BCUT2D eigenvalue weighted by molar-refractivity contribution is 0.128. The van der Waals surface area contributed by atoms with Crippen LogP contribution in [0.1, 0.15) is 31.9 Å². The summed E-state index contributed by atoms with van der Waals surface area (Å²) < 4.78 is 6.59. The van der Waals surface area contributed by atoms with Crippen molar-refractivity contribution in [3.05, 3.63) is 28.2 Å². The molecule has 1 aliphatic rings. The van der Waals surface area contributed by atoms with Gasteiger partial charge in [0, 0.05) is 36.7 Å². The SMILES string of the molecule is CCC(C)[C@@H](c1cc(OC)ccc1Br)N1CCNCC1. The highest BCUT2D eigenvalue weighted by Crippen LogP contribution is 2.37. The summed E-state index contributed by atoms with van der Waals surface area (Å²) in [6, 6.07) is 6.75. The number of hydrogen-bond donors (Lipinski definition) is 1. The maximum atomic E-state index is 5.41. The van der Waals surface area contributed by atoms with E-state index in [9.17, 15) is 0 Å². The zero-order valence-corrected chi connectivity index (χ0v) is 14.2. The predicted octanol–water partition coefficient (Wildman–Crippen LogP) is 3.45. The van der Waals surface area contributed by atoms with Gasteiger partial charge in [0.2, 0.25) is 0 Å². The molecule has 1 unspecified atom stereocenters. The van der Waals surface area contributed by atoms with Gasteiger partial charge in [-0.05, 0) is 29.7 Å². The van der Waals surface area contributed by atoms with E-state index in [-0.39, 0.29) is 0 Å². The largest absolute Gasteiger partial charge is 0.497 e. The van der Waals surface area contributed by atoms with Gasteiger partial charge in [0.1, 0.15) is 5.75 Å². The molecule has 0 radical (unpaired) electrons. The van der Waals surface area contributed by atoms with E-state index >= 15 is 0 Å². The van der Waals surface area contributed by atoms with Crippen LogP contribution in [0.25, 0.3) is 0 Å². The summed E-state index contributed by atoms with van der Waals surface area (Å²) in [5, 5.41) is 3.44. The Hall–Kier alpha value is -0.580. The molecule has 1 N–H and O–H groups in total. The van der Waals surface area contributed by atoms with Crippen LogP contribution < -0.4 is 10.1 Å². The molecule has 0 saturated carbocycles. The number of benzene rings is 1. The minimum Gasteiger partial charge on any atom is -0.497 e. The Morgan fingerprint density at radius 3 is 2.65 bits per heavy atom. The van der Waals surface area contributed by atoms with Crippen LogP contribution in [0.4, 0.5) is 0 Å². The van der Waals surface area contributed by atoms with E-state index in [1.165, 1.54) is 16.5 Å². The molecule has 112 valence electrons. The van der Waals surface area contributed by atoms with Gasteiger partial charge in [-0.2, -0.15) is 0 Å². The summed E-state index contributed by atoms with van der Waals surface area (Å²) in [4.78, 5) is 2.60. The van der Waals surface area contributed by atoms with Crippen LogP contribution in [0.3, 0.4) is 0 Å². The third kappa shape index (κ3) is 3.54. The summed E-state index contributed by atoms with van der Waals surface area (Å²) >= 11 is 3.73. The van der Waals surface area contributed by atoms with Crippen molar-refractivity contribution in [3.8, 4) is 5.75 Å². The number of nitrogens with one attached hydrogen (secondary N) is 1. The molecule has 0 aromatic heterocycles. The van der Waals surface area contributed by atoms with Gasteiger partial charge in [-0.25, -0.2) is 0 Å². The zero-order valence-electron chi connectivity index (χ0n) is 12.7. The van der Waals surface area contributed by atoms with Gasteiger partial charge in [0.15, 0.2) is 0 Å². The molecule has 1 aliphatic heterocycles. The highest BCUT2D eigenvalue weighted by atomic mass is 79.9. The Morgan fingerprint density at radius 2 is 2.05 bits per heavy atom. The van der Waals surface area contributed by atoms with E-state index in [1.54, 1.807) is 7.11 Å². The molecule has 20 heavy (non-hydrogen) atoms. The monoisotopic (exact) mass is 340 g/mol. The van der Waals surface area contributed by atoms with Crippen LogP contribution in [0.2, 0.25) is 0 Å². The van der Waals surface area contributed by atoms with E-state index in [0.717, 1.165) is 31.9 Å². The topological polar surface area (TPSA) is 24.5 Å². The van der Waals surface area contributed by atoms with Crippen molar-refractivity contribution in [2.45, 2.75) is 26.3 Å². The van der Waals surface area contributed by atoms with E-state index in [4.69, 9.17) is 4.74 Å². The zero-order chi connectivity index (χ0) is 14.5. The molecule has 1 saturated heterocycles. The summed E-state index contributed by atoms with van der Waals surface area (Å²) in [6.45, 7) is 8.99. The first-order valence-electron chi connectivity index (χ1n) is 7.45. The molecule has 2 atom stereocenters. The number of rotatable bonds is 5. The van der Waals surface area contributed by atoms with Gasteiger partial charge in [0.25, 0.3) is 0 Å². The van der Waals surface area contributed by atoms with Crippen molar-refractivity contribution in [3.63, 3.8) is 0 Å². The first kappa shape index (κ1) is 15.8. The lowest BCUT2D eigenvalue weighted by Crippen LogP contribution is -2.46. The molecular formula is C16H25BrN2O. The van der Waals surface area contributed by atoms with Crippen LogP contribution in [0.5, 0.6) is 5.75 Å². The standard InChI is InChI=1S/C16H25BrN2O/c1-4-12(2)16(19-9-7-18-8-10-19)14-11-13(20-3)5-6-15(14)17/h5-6,11-12,16,18H,4,7-10H2,1-3H3/t12?,16-/m0/s1. The Labute approximate surface area is 130 Å². The van der Waals surface area contributed by atoms with Crippen LogP contribution in [0, 0.1) is 5.92 Å². The minimum absolute atomic E-state index is 0.451. The first-order valence-corrected chi connectivity index (χ1v) is 8.24. The first-order chi connectivity index (χ1) is 9.67. The second kappa shape index (κ2) is 7.43. The molecule has 1 aromatic carbocycles. The summed E-state index contributed by atoms with van der Waals surface area (Å²) in [5.41, 5.74) is 1.35. The Bertz CT molecular complexity index is 432. The molecule has 1 aromatic rings. The van der Waals surface area contributed by atoms with E-state index in [2.05, 4.69) is 52.1 Å². The molecule has 4 heteroatoms. The molecule has 1 fully saturated rings. The Morgan fingerprint density at radius 1 is 1.35 bits per heavy atom. The number of ether oxygens (including phenoxy) is 1. The van der Waals surface area contributed by atoms with Gasteiger partial charge in [-0.15, -0.1) is 0 Å². The van der Waals surface area contributed by atoms with Crippen LogP contribution in [0.15, 0.2) is 22.7 Å². The second-order valence-electron chi connectivity index (χ2n) is 5.50. The molecule has 0 bridgehead atoms. The summed E-state index contributed by atoms with van der Waals surface area (Å²) in [6.07, 6.45) is 1.18. The van der Waals surface area contributed by atoms with Gasteiger partial charge < -0.3 is 10.1 Å². The molecule has 0 aliphatic carbocycles. The van der Waals surface area contributed by atoms with Crippen LogP contribution in [-0.4, -0.2) is 38.2 Å². The van der Waals surface area contributed by atoms with Crippen molar-refractivity contribution >= 4 is 15.9 Å². The third-order valence-corrected chi connectivity index (χ3v) is 4.97. The fourth-order valence-electron chi connectivity index (χ4n) is 2.92. The van der Waals surface area contributed by atoms with Crippen molar-refractivity contribution < 1.29 is 4.74 Å². The molecule has 0 spiro atoms. The number of halogens is 1. The average Bonchev–Trinajstić information content (AvgIpc) is 2.50. The van der Waals surface area contributed by atoms with E-state index in [0.29, 0.717) is 12.0 Å². The highest BCUT2D eigenvalue weighted by Gasteiger charge is 2.28. The van der Waals surface area contributed by atoms with Crippen LogP contribution >= 0.6 is 15.9 Å². The summed E-state index contributed by atoms with van der Waals surface area (Å²) in [5.74, 6) is 1.56. The molecule has 3 nitrogen and oxygen atoms in total. The molecular weight excluding hydrogens is 316 g/mol. The van der Waals surface area contributed by atoms with Crippen molar-refractivity contribution in [2.75, 3.05) is 33.3 Å². The average molecular weight is 341 g/mol. The second-order valence-corrected chi connectivity index (χ2v) is 6.36. The Balaban J connectivity index is 2.34. The van der Waals surface area contributed by atoms with Gasteiger partial charge in [0.05, 0.1) is 7.11 Å². The molecule has 0 amide bonds. The maximum absolute atomic E-state index is 5.41. The fourth-order valence-corrected chi connectivity index (χ4v) is 3.40. The quantitative estimate of drug-likeness (QED) is 0.888.